The molecule has 0 bridgehead atoms. The summed E-state index contributed by atoms with van der Waals surface area (Å²) in [6.07, 6.45) is 52.1. The van der Waals surface area contributed by atoms with E-state index in [1.807, 2.05) is 0 Å². The normalized spacial score (nSPS) is 13.1. The Hall–Kier alpha value is -2.92. The fraction of sp³-hybridized carbons (Fsp3) is 0.628. The highest BCUT2D eigenvalue weighted by atomic mass is 16.6. The highest BCUT2D eigenvalue weighted by Gasteiger charge is 2.16. The van der Waals surface area contributed by atoms with Gasteiger partial charge in [-0.25, -0.2) is 0 Å². The zero-order valence-electron chi connectivity index (χ0n) is 30.7. The van der Waals surface area contributed by atoms with Crippen molar-refractivity contribution in [3.05, 3.63) is 85.1 Å². The Balaban J connectivity index is 3.69. The minimum absolute atomic E-state index is 0.0947. The van der Waals surface area contributed by atoms with Crippen LogP contribution in [-0.4, -0.2) is 36.4 Å². The third-order valence-electron chi connectivity index (χ3n) is 7.67. The van der Waals surface area contributed by atoms with Crippen LogP contribution in [0.1, 0.15) is 155 Å². The Morgan fingerprint density at radius 2 is 0.896 bits per heavy atom. The summed E-state index contributed by atoms with van der Waals surface area (Å²) >= 11 is 0. The lowest BCUT2D eigenvalue weighted by molar-refractivity contribution is -0.161. The minimum atomic E-state index is -0.803. The number of hydrogen-bond donors (Lipinski definition) is 1. The van der Waals surface area contributed by atoms with Crippen molar-refractivity contribution in [3.8, 4) is 0 Å². The molecule has 0 heterocycles. The van der Waals surface area contributed by atoms with Crippen LogP contribution in [0.3, 0.4) is 0 Å². The smallest absolute Gasteiger partial charge is 0.306 e. The fourth-order valence-corrected chi connectivity index (χ4v) is 4.78. The molecule has 0 aliphatic heterocycles. The zero-order chi connectivity index (χ0) is 35.0. The Morgan fingerprint density at radius 3 is 1.40 bits per heavy atom. The molecular weight excluding hydrogens is 596 g/mol. The van der Waals surface area contributed by atoms with E-state index in [0.717, 1.165) is 83.5 Å². The molecule has 1 N–H and O–H groups in total. The zero-order valence-corrected chi connectivity index (χ0v) is 30.7. The quantitative estimate of drug-likeness (QED) is 0.0429. The second-order valence-corrected chi connectivity index (χ2v) is 12.3. The maximum absolute atomic E-state index is 12.1. The van der Waals surface area contributed by atoms with E-state index < -0.39 is 6.10 Å². The van der Waals surface area contributed by atoms with E-state index >= 15 is 0 Å². The van der Waals surface area contributed by atoms with Crippen molar-refractivity contribution in [1.29, 1.82) is 0 Å². The number of esters is 2. The van der Waals surface area contributed by atoms with E-state index in [4.69, 9.17) is 9.47 Å². The second kappa shape index (κ2) is 38.5. The van der Waals surface area contributed by atoms with Crippen molar-refractivity contribution < 1.29 is 24.2 Å². The monoisotopic (exact) mass is 667 g/mol. The Kier molecular flexibility index (Phi) is 36.2. The molecule has 0 fully saturated rings. The van der Waals surface area contributed by atoms with Crippen molar-refractivity contribution in [1.82, 2.24) is 0 Å². The van der Waals surface area contributed by atoms with Crippen LogP contribution in [0.4, 0.5) is 0 Å². The van der Waals surface area contributed by atoms with E-state index in [0.29, 0.717) is 12.8 Å². The maximum Gasteiger partial charge on any atom is 0.306 e. The van der Waals surface area contributed by atoms with Crippen LogP contribution >= 0.6 is 0 Å². The number of aliphatic hydroxyl groups excluding tert-OH is 1. The van der Waals surface area contributed by atoms with Gasteiger partial charge in [0.1, 0.15) is 6.61 Å². The van der Waals surface area contributed by atoms with Crippen LogP contribution < -0.4 is 0 Å². The second-order valence-electron chi connectivity index (χ2n) is 12.3. The van der Waals surface area contributed by atoms with E-state index in [9.17, 15) is 14.7 Å². The van der Waals surface area contributed by atoms with E-state index in [2.05, 4.69) is 98.9 Å². The summed E-state index contributed by atoms with van der Waals surface area (Å²) in [7, 11) is 0. The molecule has 0 spiro atoms. The van der Waals surface area contributed by atoms with Gasteiger partial charge in [0.2, 0.25) is 0 Å². The molecule has 5 nitrogen and oxygen atoms in total. The molecule has 0 saturated carbocycles. The summed E-state index contributed by atoms with van der Waals surface area (Å²) in [5.74, 6) is -0.663. The number of allylic oxidation sites excluding steroid dienone is 14. The van der Waals surface area contributed by atoms with Gasteiger partial charge in [0.05, 0.1) is 6.61 Å². The van der Waals surface area contributed by atoms with Gasteiger partial charge in [0.25, 0.3) is 0 Å². The first kappa shape index (κ1) is 45.1. The van der Waals surface area contributed by atoms with Gasteiger partial charge in [0.15, 0.2) is 6.10 Å². The first-order valence-corrected chi connectivity index (χ1v) is 19.1. The topological polar surface area (TPSA) is 72.8 Å². The summed E-state index contributed by atoms with van der Waals surface area (Å²) in [5, 5.41) is 9.54. The summed E-state index contributed by atoms with van der Waals surface area (Å²) < 4.78 is 10.6. The lowest BCUT2D eigenvalue weighted by Crippen LogP contribution is -2.28. The van der Waals surface area contributed by atoms with Crippen LogP contribution in [0.15, 0.2) is 85.1 Å². The number of unbranched alkanes of at least 4 members (excludes halogenated alkanes) is 11. The molecule has 48 heavy (non-hydrogen) atoms. The van der Waals surface area contributed by atoms with E-state index in [1.54, 1.807) is 0 Å². The van der Waals surface area contributed by atoms with Gasteiger partial charge in [-0.3, -0.25) is 9.59 Å². The average molecular weight is 667 g/mol. The molecule has 0 saturated heterocycles. The molecule has 0 aromatic carbocycles. The van der Waals surface area contributed by atoms with Crippen molar-refractivity contribution in [3.63, 3.8) is 0 Å². The van der Waals surface area contributed by atoms with E-state index in [1.165, 1.54) is 44.9 Å². The molecule has 5 heteroatoms. The summed E-state index contributed by atoms with van der Waals surface area (Å²) in [6, 6.07) is 0. The number of rotatable bonds is 33. The minimum Gasteiger partial charge on any atom is -0.462 e. The molecule has 0 aliphatic carbocycles. The van der Waals surface area contributed by atoms with Crippen molar-refractivity contribution in [2.45, 2.75) is 161 Å². The highest BCUT2D eigenvalue weighted by molar-refractivity contribution is 5.70. The van der Waals surface area contributed by atoms with Gasteiger partial charge in [-0.15, -0.1) is 0 Å². The lowest BCUT2D eigenvalue weighted by Gasteiger charge is -2.15. The molecule has 0 aromatic heterocycles. The van der Waals surface area contributed by atoms with Gasteiger partial charge in [-0.1, -0.05) is 137 Å². The average Bonchev–Trinajstić information content (AvgIpc) is 3.09. The van der Waals surface area contributed by atoms with Gasteiger partial charge >= 0.3 is 11.9 Å². The number of aliphatic hydroxyl groups is 1. The third kappa shape index (κ3) is 35.9. The van der Waals surface area contributed by atoms with Crippen LogP contribution in [0.25, 0.3) is 0 Å². The van der Waals surface area contributed by atoms with Gasteiger partial charge < -0.3 is 14.6 Å². The standard InChI is InChI=1S/C43H70O5/c1-3-5-7-9-11-13-15-17-19-20-21-22-24-25-27-29-31-33-35-37-42(45)47-40-41(39-44)48-43(46)38-36-34-32-30-28-26-23-18-16-14-12-10-8-6-4-2/h6,8,11-14,17-19,21-23,28,30,41,44H,3-5,7,9-10,15-16,20,24-27,29,31-40H2,1-2H3/b8-6-,13-11-,14-12-,19-17-,22-21-,23-18-,30-28-. The summed E-state index contributed by atoms with van der Waals surface area (Å²) in [5.41, 5.74) is 0. The van der Waals surface area contributed by atoms with Crippen LogP contribution in [-0.2, 0) is 19.1 Å². The molecule has 1 atom stereocenters. The predicted molar refractivity (Wildman–Crippen MR) is 205 cm³/mol. The molecule has 272 valence electrons. The molecule has 0 radical (unpaired) electrons. The molecular formula is C43H70O5. The largest absolute Gasteiger partial charge is 0.462 e. The summed E-state index contributed by atoms with van der Waals surface area (Å²) in [6.45, 7) is 3.93. The highest BCUT2D eigenvalue weighted by Crippen LogP contribution is 2.11. The van der Waals surface area contributed by atoms with Crippen molar-refractivity contribution >= 4 is 11.9 Å². The molecule has 0 amide bonds. The predicted octanol–water partition coefficient (Wildman–Crippen LogP) is 11.9. The number of hydrogen-bond acceptors (Lipinski definition) is 5. The van der Waals surface area contributed by atoms with Gasteiger partial charge in [-0.05, 0) is 89.9 Å². The van der Waals surface area contributed by atoms with Crippen molar-refractivity contribution in [2.24, 2.45) is 0 Å². The van der Waals surface area contributed by atoms with Crippen LogP contribution in [0.5, 0.6) is 0 Å². The Morgan fingerprint density at radius 1 is 0.500 bits per heavy atom. The number of carbonyl (C=O) groups excluding carboxylic acids is 2. The maximum atomic E-state index is 12.1. The number of ether oxygens (including phenoxy) is 2. The first-order valence-electron chi connectivity index (χ1n) is 19.1. The lowest BCUT2D eigenvalue weighted by atomic mass is 10.1. The molecule has 0 aromatic rings. The molecule has 0 aliphatic rings. The molecule has 0 rings (SSSR count). The first-order chi connectivity index (χ1) is 23.6. The van der Waals surface area contributed by atoms with Crippen molar-refractivity contribution in [2.75, 3.05) is 13.2 Å². The van der Waals surface area contributed by atoms with Gasteiger partial charge in [-0.2, -0.15) is 0 Å². The van der Waals surface area contributed by atoms with Crippen LogP contribution in [0, 0.1) is 0 Å². The molecule has 1 unspecified atom stereocenters. The van der Waals surface area contributed by atoms with Gasteiger partial charge in [0, 0.05) is 12.8 Å². The third-order valence-corrected chi connectivity index (χ3v) is 7.67. The Labute approximate surface area is 295 Å². The van der Waals surface area contributed by atoms with Crippen LogP contribution in [0.2, 0.25) is 0 Å². The number of carbonyl (C=O) groups is 2. The van der Waals surface area contributed by atoms with E-state index in [-0.39, 0.29) is 25.2 Å². The fourth-order valence-electron chi connectivity index (χ4n) is 4.78. The summed E-state index contributed by atoms with van der Waals surface area (Å²) in [4.78, 5) is 24.2. The Bertz CT molecular complexity index is 937. The SMILES string of the molecule is CC/C=C\C/C=C\C/C=C\C/C=C\CCCCC(=O)OC(CO)COC(=O)CCCCCCCC/C=C\C/C=C\C/C=C\CCCCC.